The summed E-state index contributed by atoms with van der Waals surface area (Å²) in [6.45, 7) is 3.22. The third-order valence-corrected chi connectivity index (χ3v) is 2.23. The van der Waals surface area contributed by atoms with Crippen molar-refractivity contribution >= 4 is 5.97 Å². The van der Waals surface area contributed by atoms with Gasteiger partial charge in [0, 0.05) is 5.56 Å². The van der Waals surface area contributed by atoms with E-state index >= 15 is 0 Å². The minimum atomic E-state index is -2.83. The van der Waals surface area contributed by atoms with Gasteiger partial charge in [-0.2, -0.15) is 0 Å². The van der Waals surface area contributed by atoms with Gasteiger partial charge in [0.25, 0.3) is 6.43 Å². The number of carbonyl (C=O) groups is 1. The first-order valence-corrected chi connectivity index (χ1v) is 5.01. The van der Waals surface area contributed by atoms with Crippen LogP contribution in [0.25, 0.3) is 0 Å². The fourth-order valence-electron chi connectivity index (χ4n) is 1.44. The molecule has 0 aliphatic heterocycles. The number of methoxy groups -OCH3 is 1. The zero-order chi connectivity index (χ0) is 13.0. The molecule has 0 aromatic carbocycles. The Morgan fingerprint density at radius 3 is 2.65 bits per heavy atom. The number of halogens is 2. The van der Waals surface area contributed by atoms with Crippen LogP contribution in [0, 0.1) is 6.92 Å². The Morgan fingerprint density at radius 2 is 2.18 bits per heavy atom. The molecule has 6 heteroatoms. The number of alkyl halides is 2. The molecule has 94 valence electrons. The van der Waals surface area contributed by atoms with Gasteiger partial charge in [-0.05, 0) is 13.8 Å². The predicted molar refractivity (Wildman–Crippen MR) is 56.4 cm³/mol. The maximum absolute atomic E-state index is 12.7. The number of rotatable bonds is 4. The van der Waals surface area contributed by atoms with Gasteiger partial charge in [-0.3, -0.25) is 4.98 Å². The number of carbonyl (C=O) groups excluding carboxylic acids is 1. The first-order chi connectivity index (χ1) is 8.02. The molecule has 1 rings (SSSR count). The average Bonchev–Trinajstić information content (AvgIpc) is 2.28. The second-order valence-electron chi connectivity index (χ2n) is 3.23. The molecule has 0 saturated carbocycles. The summed E-state index contributed by atoms with van der Waals surface area (Å²) < 4.78 is 35.1. The van der Waals surface area contributed by atoms with E-state index in [4.69, 9.17) is 9.47 Å². The topological polar surface area (TPSA) is 48.4 Å². The zero-order valence-electron chi connectivity index (χ0n) is 9.79. The van der Waals surface area contributed by atoms with E-state index in [-0.39, 0.29) is 17.9 Å². The molecule has 0 N–H and O–H groups in total. The number of aromatic nitrogens is 1. The van der Waals surface area contributed by atoms with Crippen molar-refractivity contribution in [1.82, 2.24) is 4.98 Å². The van der Waals surface area contributed by atoms with Gasteiger partial charge in [0.05, 0.1) is 25.5 Å². The van der Waals surface area contributed by atoms with Gasteiger partial charge < -0.3 is 9.47 Å². The van der Waals surface area contributed by atoms with Gasteiger partial charge in [-0.1, -0.05) is 0 Å². The fraction of sp³-hybridized carbons (Fsp3) is 0.455. The van der Waals surface area contributed by atoms with Crippen molar-refractivity contribution in [2.45, 2.75) is 20.3 Å². The Bertz CT molecular complexity index is 421. The van der Waals surface area contributed by atoms with E-state index in [1.165, 1.54) is 20.2 Å². The molecule has 1 heterocycles. The van der Waals surface area contributed by atoms with Gasteiger partial charge in [0.15, 0.2) is 0 Å². The lowest BCUT2D eigenvalue weighted by Crippen LogP contribution is -2.13. The summed E-state index contributed by atoms with van der Waals surface area (Å²) in [4.78, 5) is 15.1. The SMILES string of the molecule is CCOC(=O)c1c(C(F)F)ncc(OC)c1C. The van der Waals surface area contributed by atoms with E-state index in [1.54, 1.807) is 6.92 Å². The van der Waals surface area contributed by atoms with E-state index in [0.29, 0.717) is 5.56 Å². The highest BCUT2D eigenvalue weighted by Crippen LogP contribution is 2.29. The molecule has 0 radical (unpaired) electrons. The highest BCUT2D eigenvalue weighted by atomic mass is 19.3. The Hall–Kier alpha value is -1.72. The van der Waals surface area contributed by atoms with Gasteiger partial charge in [0.1, 0.15) is 11.4 Å². The molecule has 17 heavy (non-hydrogen) atoms. The zero-order valence-corrected chi connectivity index (χ0v) is 9.79. The Labute approximate surface area is 97.6 Å². The molecule has 1 aromatic heterocycles. The molecule has 0 aliphatic carbocycles. The van der Waals surface area contributed by atoms with Crippen molar-refractivity contribution < 1.29 is 23.0 Å². The van der Waals surface area contributed by atoms with Gasteiger partial charge >= 0.3 is 5.97 Å². The van der Waals surface area contributed by atoms with Crippen LogP contribution < -0.4 is 4.74 Å². The number of ether oxygens (including phenoxy) is 2. The lowest BCUT2D eigenvalue weighted by molar-refractivity contribution is 0.0511. The standard InChI is InChI=1S/C11H13F2NO3/c1-4-17-11(15)8-6(2)7(16-3)5-14-9(8)10(12)13/h5,10H,4H2,1-3H3. The minimum absolute atomic E-state index is 0.109. The number of hydrogen-bond acceptors (Lipinski definition) is 4. The third kappa shape index (κ3) is 2.69. The van der Waals surface area contributed by atoms with Crippen molar-refractivity contribution in [3.63, 3.8) is 0 Å². The summed E-state index contributed by atoms with van der Waals surface area (Å²) >= 11 is 0. The molecular formula is C11H13F2NO3. The molecule has 0 saturated heterocycles. The lowest BCUT2D eigenvalue weighted by atomic mass is 10.1. The lowest BCUT2D eigenvalue weighted by Gasteiger charge is -2.13. The van der Waals surface area contributed by atoms with Crippen LogP contribution in [0.15, 0.2) is 6.20 Å². The van der Waals surface area contributed by atoms with Gasteiger partial charge in [0.2, 0.25) is 0 Å². The van der Waals surface area contributed by atoms with Crippen LogP contribution in [-0.4, -0.2) is 24.7 Å². The van der Waals surface area contributed by atoms with E-state index in [2.05, 4.69) is 4.98 Å². The van der Waals surface area contributed by atoms with Crippen molar-refractivity contribution in [3.05, 3.63) is 23.0 Å². The summed E-state index contributed by atoms with van der Waals surface area (Å²) in [5.41, 5.74) is -0.501. The highest BCUT2D eigenvalue weighted by Gasteiger charge is 2.25. The number of esters is 1. The Kier molecular flexibility index (Phi) is 4.37. The van der Waals surface area contributed by atoms with Crippen LogP contribution in [0.1, 0.15) is 35.0 Å². The Balaban J connectivity index is 3.34. The number of hydrogen-bond donors (Lipinski definition) is 0. The van der Waals surface area contributed by atoms with Gasteiger partial charge in [-0.15, -0.1) is 0 Å². The maximum atomic E-state index is 12.7. The van der Waals surface area contributed by atoms with Crippen LogP contribution >= 0.6 is 0 Å². The summed E-state index contributed by atoms with van der Waals surface area (Å²) in [6.07, 6.45) is -1.67. The molecule has 0 unspecified atom stereocenters. The number of pyridine rings is 1. The fourth-order valence-corrected chi connectivity index (χ4v) is 1.44. The van der Waals surface area contributed by atoms with Crippen LogP contribution in [0.4, 0.5) is 8.78 Å². The highest BCUT2D eigenvalue weighted by molar-refractivity contribution is 5.93. The van der Waals surface area contributed by atoms with E-state index in [1.807, 2.05) is 0 Å². The summed E-state index contributed by atoms with van der Waals surface area (Å²) in [6, 6.07) is 0. The smallest absolute Gasteiger partial charge is 0.340 e. The average molecular weight is 245 g/mol. The molecule has 4 nitrogen and oxygen atoms in total. The van der Waals surface area contributed by atoms with E-state index in [9.17, 15) is 13.6 Å². The van der Waals surface area contributed by atoms with Crippen molar-refractivity contribution in [2.75, 3.05) is 13.7 Å². The van der Waals surface area contributed by atoms with Gasteiger partial charge in [-0.25, -0.2) is 13.6 Å². The molecule has 0 bridgehead atoms. The second-order valence-corrected chi connectivity index (χ2v) is 3.23. The molecule has 0 amide bonds. The van der Waals surface area contributed by atoms with Crippen LogP contribution in [0.5, 0.6) is 5.75 Å². The minimum Gasteiger partial charge on any atom is -0.495 e. The van der Waals surface area contributed by atoms with Crippen LogP contribution in [-0.2, 0) is 4.74 Å². The monoisotopic (exact) mass is 245 g/mol. The van der Waals surface area contributed by atoms with Crippen LogP contribution in [0.3, 0.4) is 0 Å². The first kappa shape index (κ1) is 13.3. The first-order valence-electron chi connectivity index (χ1n) is 5.01. The third-order valence-electron chi connectivity index (χ3n) is 2.23. The molecule has 1 aromatic rings. The summed E-state index contributed by atoms with van der Waals surface area (Å²) in [7, 11) is 1.38. The number of nitrogens with zero attached hydrogens (tertiary/aromatic N) is 1. The van der Waals surface area contributed by atoms with Crippen molar-refractivity contribution in [3.8, 4) is 5.75 Å². The molecule has 0 atom stereocenters. The summed E-state index contributed by atoms with van der Waals surface area (Å²) in [5, 5.41) is 0. The quantitative estimate of drug-likeness (QED) is 0.765. The maximum Gasteiger partial charge on any atom is 0.340 e. The van der Waals surface area contributed by atoms with Crippen molar-refractivity contribution in [2.24, 2.45) is 0 Å². The normalized spacial score (nSPS) is 10.5. The van der Waals surface area contributed by atoms with E-state index in [0.717, 1.165) is 0 Å². The molecule has 0 fully saturated rings. The largest absolute Gasteiger partial charge is 0.495 e. The molecule has 0 spiro atoms. The van der Waals surface area contributed by atoms with E-state index < -0.39 is 18.1 Å². The molecule has 0 aliphatic rings. The predicted octanol–water partition coefficient (Wildman–Crippen LogP) is 2.51. The molecular weight excluding hydrogens is 232 g/mol. The second kappa shape index (κ2) is 5.56. The van der Waals surface area contributed by atoms with Crippen molar-refractivity contribution in [1.29, 1.82) is 0 Å². The Morgan fingerprint density at radius 1 is 1.53 bits per heavy atom. The van der Waals surface area contributed by atoms with Crippen LogP contribution in [0.2, 0.25) is 0 Å². The summed E-state index contributed by atoms with van der Waals surface area (Å²) in [5.74, 6) is -0.538.